The van der Waals surface area contributed by atoms with Gasteiger partial charge < -0.3 is 10.1 Å². The zero-order valence-corrected chi connectivity index (χ0v) is 23.7. The van der Waals surface area contributed by atoms with Crippen LogP contribution < -0.4 is 15.6 Å². The van der Waals surface area contributed by atoms with Gasteiger partial charge in [0.2, 0.25) is 5.91 Å². The summed E-state index contributed by atoms with van der Waals surface area (Å²) >= 11 is 2.91. The summed E-state index contributed by atoms with van der Waals surface area (Å²) < 4.78 is 7.24. The first-order chi connectivity index (χ1) is 18.5. The molecule has 0 saturated heterocycles. The van der Waals surface area contributed by atoms with Crippen molar-refractivity contribution >= 4 is 44.9 Å². The first-order valence-corrected chi connectivity index (χ1v) is 15.1. The van der Waals surface area contributed by atoms with Crippen molar-refractivity contribution < 1.29 is 9.53 Å². The highest BCUT2D eigenvalue weighted by molar-refractivity contribution is 7.99. The lowest BCUT2D eigenvalue weighted by molar-refractivity contribution is -0.113. The Labute approximate surface area is 231 Å². The SMILES string of the molecule is CCOc1ccc(-n2c(SCC(=O)Nc3ccc([C@H](C)CC)cc3)nc3sc4c(c3c2=O)CCCC4)cc1. The monoisotopic (exact) mass is 547 g/mol. The maximum Gasteiger partial charge on any atom is 0.267 e. The number of hydrogen-bond acceptors (Lipinski definition) is 6. The van der Waals surface area contributed by atoms with Gasteiger partial charge in [0.1, 0.15) is 10.6 Å². The van der Waals surface area contributed by atoms with E-state index in [2.05, 4.69) is 31.3 Å². The van der Waals surface area contributed by atoms with E-state index in [1.165, 1.54) is 22.2 Å². The number of aryl methyl sites for hydroxylation is 2. The van der Waals surface area contributed by atoms with Crippen LogP contribution in [0.5, 0.6) is 5.75 Å². The van der Waals surface area contributed by atoms with Crippen LogP contribution in [0, 0.1) is 0 Å². The average Bonchev–Trinajstić information content (AvgIpc) is 3.31. The highest BCUT2D eigenvalue weighted by Crippen LogP contribution is 2.35. The maximum atomic E-state index is 13.9. The number of nitrogens with zero attached hydrogens (tertiary/aromatic N) is 2. The summed E-state index contributed by atoms with van der Waals surface area (Å²) in [6, 6.07) is 15.5. The van der Waals surface area contributed by atoms with Crippen LogP contribution in [0.2, 0.25) is 0 Å². The van der Waals surface area contributed by atoms with E-state index in [1.54, 1.807) is 15.9 Å². The van der Waals surface area contributed by atoms with E-state index in [0.717, 1.165) is 59.3 Å². The Hall–Kier alpha value is -3.10. The number of thiophene rings is 1. The van der Waals surface area contributed by atoms with Crippen LogP contribution >= 0.6 is 23.1 Å². The van der Waals surface area contributed by atoms with Crippen LogP contribution in [0.4, 0.5) is 5.69 Å². The molecular formula is C30H33N3O3S2. The minimum Gasteiger partial charge on any atom is -0.494 e. The fraction of sp³-hybridized carbons (Fsp3) is 0.367. The predicted molar refractivity (Wildman–Crippen MR) is 158 cm³/mol. The van der Waals surface area contributed by atoms with Crippen LogP contribution in [0.15, 0.2) is 58.5 Å². The molecule has 0 saturated carbocycles. The number of amides is 1. The Morgan fingerprint density at radius 2 is 1.84 bits per heavy atom. The Morgan fingerprint density at radius 1 is 1.11 bits per heavy atom. The summed E-state index contributed by atoms with van der Waals surface area (Å²) in [5.74, 6) is 1.25. The summed E-state index contributed by atoms with van der Waals surface area (Å²) in [5.41, 5.74) is 3.83. The van der Waals surface area contributed by atoms with Gasteiger partial charge in [0.05, 0.1) is 23.4 Å². The van der Waals surface area contributed by atoms with Gasteiger partial charge >= 0.3 is 0 Å². The maximum absolute atomic E-state index is 13.9. The van der Waals surface area contributed by atoms with Gasteiger partial charge in [-0.3, -0.25) is 14.2 Å². The minimum absolute atomic E-state index is 0.0675. The molecule has 0 aliphatic heterocycles. The topological polar surface area (TPSA) is 73.2 Å². The Bertz CT molecular complexity index is 1490. The molecule has 5 rings (SSSR count). The van der Waals surface area contributed by atoms with Crippen molar-refractivity contribution in [1.82, 2.24) is 9.55 Å². The van der Waals surface area contributed by atoms with Crippen molar-refractivity contribution in [3.8, 4) is 11.4 Å². The van der Waals surface area contributed by atoms with Crippen molar-refractivity contribution in [3.63, 3.8) is 0 Å². The smallest absolute Gasteiger partial charge is 0.267 e. The number of hydrogen-bond donors (Lipinski definition) is 1. The van der Waals surface area contributed by atoms with Crippen LogP contribution in [0.1, 0.15) is 62.0 Å². The molecular weight excluding hydrogens is 514 g/mol. The lowest BCUT2D eigenvalue weighted by Crippen LogP contribution is -2.23. The van der Waals surface area contributed by atoms with Crippen molar-refractivity contribution in [3.05, 3.63) is 74.9 Å². The second kappa shape index (κ2) is 11.7. The zero-order valence-electron chi connectivity index (χ0n) is 22.1. The summed E-state index contributed by atoms with van der Waals surface area (Å²) in [5, 5.41) is 4.23. The molecule has 0 unspecified atom stereocenters. The Morgan fingerprint density at radius 3 is 2.55 bits per heavy atom. The molecule has 2 aromatic heterocycles. The third-order valence-electron chi connectivity index (χ3n) is 7.07. The lowest BCUT2D eigenvalue weighted by atomic mass is 9.97. The van der Waals surface area contributed by atoms with Crippen LogP contribution in [-0.2, 0) is 17.6 Å². The number of aromatic nitrogens is 2. The summed E-state index contributed by atoms with van der Waals surface area (Å²) in [6.45, 7) is 6.88. The molecule has 1 atom stereocenters. The van der Waals surface area contributed by atoms with Crippen LogP contribution in [-0.4, -0.2) is 27.8 Å². The van der Waals surface area contributed by atoms with Crippen molar-refractivity contribution in [2.24, 2.45) is 0 Å². The predicted octanol–water partition coefficient (Wildman–Crippen LogP) is 6.97. The van der Waals surface area contributed by atoms with E-state index in [9.17, 15) is 9.59 Å². The highest BCUT2D eigenvalue weighted by Gasteiger charge is 2.23. The van der Waals surface area contributed by atoms with Gasteiger partial charge in [-0.15, -0.1) is 11.3 Å². The number of nitrogens with one attached hydrogen (secondary N) is 1. The number of rotatable bonds is 9. The molecule has 0 fully saturated rings. The Kier molecular flexibility index (Phi) is 8.19. The van der Waals surface area contributed by atoms with Crippen LogP contribution in [0.25, 0.3) is 15.9 Å². The zero-order chi connectivity index (χ0) is 26.6. The molecule has 2 aromatic carbocycles. The number of fused-ring (bicyclic) bond motifs is 3. The molecule has 4 aromatic rings. The van der Waals surface area contributed by atoms with E-state index in [1.807, 2.05) is 43.3 Å². The van der Waals surface area contributed by atoms with Crippen molar-refractivity contribution in [2.75, 3.05) is 17.7 Å². The minimum atomic E-state index is -0.135. The van der Waals surface area contributed by atoms with Gasteiger partial charge in [0.25, 0.3) is 5.56 Å². The van der Waals surface area contributed by atoms with E-state index < -0.39 is 0 Å². The number of thioether (sulfide) groups is 1. The standard InChI is InChI=1S/C30H33N3O3S2/c1-4-19(3)20-10-12-21(13-11-20)31-26(34)18-37-30-32-28-27(24-8-6-7-9-25(24)38-28)29(35)33(30)22-14-16-23(17-15-22)36-5-2/h10-17,19H,4-9,18H2,1-3H3,(H,31,34)/t19-/m1/s1. The van der Waals surface area contributed by atoms with Gasteiger partial charge in [-0.2, -0.15) is 0 Å². The summed E-state index contributed by atoms with van der Waals surface area (Å²) in [6.07, 6.45) is 5.23. The second-order valence-corrected chi connectivity index (χ2v) is 11.6. The first kappa shape index (κ1) is 26.5. The molecule has 6 nitrogen and oxygen atoms in total. The number of ether oxygens (including phenoxy) is 1. The van der Waals surface area contributed by atoms with Gasteiger partial charge in [-0.1, -0.05) is 37.7 Å². The average molecular weight is 548 g/mol. The normalized spacial score (nSPS) is 13.8. The number of benzene rings is 2. The number of carbonyl (C=O) groups excluding carboxylic acids is 1. The molecule has 8 heteroatoms. The third-order valence-corrected chi connectivity index (χ3v) is 9.20. The fourth-order valence-corrected chi connectivity index (χ4v) is 6.94. The van der Waals surface area contributed by atoms with Gasteiger partial charge in [-0.05, 0) is 92.5 Å². The molecule has 1 aliphatic carbocycles. The fourth-order valence-electron chi connectivity index (χ4n) is 4.83. The second-order valence-electron chi connectivity index (χ2n) is 9.62. The van der Waals surface area contributed by atoms with E-state index in [0.29, 0.717) is 23.4 Å². The van der Waals surface area contributed by atoms with Gasteiger partial charge in [0, 0.05) is 10.6 Å². The van der Waals surface area contributed by atoms with E-state index in [4.69, 9.17) is 9.72 Å². The highest BCUT2D eigenvalue weighted by atomic mass is 32.2. The molecule has 1 amide bonds. The summed E-state index contributed by atoms with van der Waals surface area (Å²) in [4.78, 5) is 33.8. The molecule has 0 spiro atoms. The third kappa shape index (κ3) is 5.52. The van der Waals surface area contributed by atoms with Crippen molar-refractivity contribution in [1.29, 1.82) is 0 Å². The first-order valence-electron chi connectivity index (χ1n) is 13.3. The van der Waals surface area contributed by atoms with Crippen LogP contribution in [0.3, 0.4) is 0 Å². The largest absolute Gasteiger partial charge is 0.494 e. The van der Waals surface area contributed by atoms with Crippen molar-refractivity contribution in [2.45, 2.75) is 63.9 Å². The molecule has 1 N–H and O–H groups in total. The lowest BCUT2D eigenvalue weighted by Gasteiger charge is -2.14. The molecule has 38 heavy (non-hydrogen) atoms. The number of anilines is 1. The van der Waals surface area contributed by atoms with E-state index >= 15 is 0 Å². The molecule has 0 bridgehead atoms. The van der Waals surface area contributed by atoms with E-state index in [-0.39, 0.29) is 17.2 Å². The summed E-state index contributed by atoms with van der Waals surface area (Å²) in [7, 11) is 0. The molecule has 0 radical (unpaired) electrons. The quantitative estimate of drug-likeness (QED) is 0.181. The van der Waals surface area contributed by atoms with Gasteiger partial charge in [0.15, 0.2) is 5.16 Å². The molecule has 2 heterocycles. The number of carbonyl (C=O) groups is 1. The molecule has 198 valence electrons. The molecule has 1 aliphatic rings. The Balaban J connectivity index is 1.44. The van der Waals surface area contributed by atoms with Gasteiger partial charge in [-0.25, -0.2) is 4.98 Å².